The van der Waals surface area contributed by atoms with Crippen molar-refractivity contribution in [3.63, 3.8) is 0 Å². The molecule has 0 atom stereocenters. The van der Waals surface area contributed by atoms with Gasteiger partial charge in [-0.3, -0.25) is 4.18 Å². The molecule has 2 aromatic heterocycles. The summed E-state index contributed by atoms with van der Waals surface area (Å²) in [5, 5.41) is 12.9. The number of thiazole rings is 1. The van der Waals surface area contributed by atoms with Gasteiger partial charge in [0.25, 0.3) is 10.1 Å². The normalized spacial score (nSPS) is 11.6. The maximum absolute atomic E-state index is 11.0. The lowest BCUT2D eigenvalue weighted by atomic mass is 10.1. The molecule has 0 aliphatic heterocycles. The zero-order valence-corrected chi connectivity index (χ0v) is 20.3. The second-order valence-electron chi connectivity index (χ2n) is 6.73. The van der Waals surface area contributed by atoms with E-state index in [4.69, 9.17) is 27.9 Å². The summed E-state index contributed by atoms with van der Waals surface area (Å²) >= 11 is 14.0. The van der Waals surface area contributed by atoms with Crippen molar-refractivity contribution >= 4 is 60.8 Å². The molecule has 0 amide bonds. The van der Waals surface area contributed by atoms with Crippen LogP contribution in [0.5, 0.6) is 5.75 Å². The average Bonchev–Trinajstić information content (AvgIpc) is 3.17. The Kier molecular flexibility index (Phi) is 7.25. The van der Waals surface area contributed by atoms with Gasteiger partial charge >= 0.3 is 0 Å². The van der Waals surface area contributed by atoms with Crippen LogP contribution in [0.4, 0.5) is 5.95 Å². The Morgan fingerprint density at radius 1 is 1.09 bits per heavy atom. The van der Waals surface area contributed by atoms with E-state index in [0.717, 1.165) is 21.5 Å². The lowest BCUT2D eigenvalue weighted by molar-refractivity contribution is 0.222. The Labute approximate surface area is 203 Å². The third-order valence-corrected chi connectivity index (χ3v) is 6.49. The van der Waals surface area contributed by atoms with E-state index < -0.39 is 10.1 Å². The fourth-order valence-electron chi connectivity index (χ4n) is 2.86. The molecule has 0 saturated carbocycles. The topological polar surface area (TPSA) is 116 Å². The predicted molar refractivity (Wildman–Crippen MR) is 129 cm³/mol. The quantitative estimate of drug-likeness (QED) is 0.250. The molecule has 33 heavy (non-hydrogen) atoms. The highest BCUT2D eigenvalue weighted by Crippen LogP contribution is 2.33. The molecular formula is C20H17Cl2N5O4S2. The van der Waals surface area contributed by atoms with Gasteiger partial charge in [-0.05, 0) is 24.3 Å². The van der Waals surface area contributed by atoms with Crippen LogP contribution in [0.3, 0.4) is 0 Å². The number of benzene rings is 2. The molecule has 0 saturated heterocycles. The van der Waals surface area contributed by atoms with Gasteiger partial charge in [0.2, 0.25) is 5.95 Å². The number of nitrogens with one attached hydrogen (secondary N) is 1. The largest absolute Gasteiger partial charge is 0.491 e. The fraction of sp³-hybridized carbons (Fsp3) is 0.200. The monoisotopic (exact) mass is 525 g/mol. The highest BCUT2D eigenvalue weighted by Gasteiger charge is 2.12. The van der Waals surface area contributed by atoms with Crippen LogP contribution in [0, 0.1) is 0 Å². The second kappa shape index (κ2) is 10.1. The van der Waals surface area contributed by atoms with E-state index in [1.165, 1.54) is 17.5 Å². The maximum Gasteiger partial charge on any atom is 0.264 e. The summed E-state index contributed by atoms with van der Waals surface area (Å²) in [6.45, 7) is 0.433. The van der Waals surface area contributed by atoms with Gasteiger partial charge in [0.05, 0.1) is 45.0 Å². The summed E-state index contributed by atoms with van der Waals surface area (Å²) in [6.07, 6.45) is 2.49. The van der Waals surface area contributed by atoms with Crippen molar-refractivity contribution in [3.05, 3.63) is 57.6 Å². The van der Waals surface area contributed by atoms with Crippen molar-refractivity contribution in [3.8, 4) is 17.0 Å². The van der Waals surface area contributed by atoms with Gasteiger partial charge in [-0.25, -0.2) is 9.97 Å². The first-order valence-corrected chi connectivity index (χ1v) is 12.9. The fourth-order valence-corrected chi connectivity index (χ4v) is 4.71. The number of ether oxygens (including phenoxy) is 1. The van der Waals surface area contributed by atoms with Crippen molar-refractivity contribution < 1.29 is 17.3 Å². The molecule has 0 unspecified atom stereocenters. The molecule has 2 aromatic carbocycles. The SMILES string of the molecule is CS(=O)(=O)OCCOc1ccc2sc(CNc3nncc(-c4c(Cl)cccc4Cl)n3)nc2c1. The van der Waals surface area contributed by atoms with Gasteiger partial charge in [-0.1, -0.05) is 29.3 Å². The van der Waals surface area contributed by atoms with Gasteiger partial charge in [-0.15, -0.1) is 16.4 Å². The predicted octanol–water partition coefficient (Wildman–Crippen LogP) is 4.42. The number of nitrogens with zero attached hydrogens (tertiary/aromatic N) is 4. The zero-order chi connectivity index (χ0) is 23.4. The van der Waals surface area contributed by atoms with E-state index in [2.05, 4.69) is 29.7 Å². The summed E-state index contributed by atoms with van der Waals surface area (Å²) in [5.41, 5.74) is 1.86. The van der Waals surface area contributed by atoms with Gasteiger partial charge in [0.15, 0.2) is 0 Å². The molecule has 0 fully saturated rings. The molecule has 172 valence electrons. The highest BCUT2D eigenvalue weighted by molar-refractivity contribution is 7.85. The van der Waals surface area contributed by atoms with Crippen molar-refractivity contribution in [2.45, 2.75) is 6.54 Å². The number of rotatable bonds is 9. The first kappa shape index (κ1) is 23.6. The Morgan fingerprint density at radius 2 is 1.88 bits per heavy atom. The Balaban J connectivity index is 1.41. The smallest absolute Gasteiger partial charge is 0.264 e. The van der Waals surface area contributed by atoms with E-state index in [-0.39, 0.29) is 13.2 Å². The van der Waals surface area contributed by atoms with Crippen LogP contribution >= 0.6 is 34.5 Å². The van der Waals surface area contributed by atoms with Crippen LogP contribution in [0.15, 0.2) is 42.6 Å². The summed E-state index contributed by atoms with van der Waals surface area (Å²) in [7, 11) is -3.49. The van der Waals surface area contributed by atoms with Crippen molar-refractivity contribution in [2.75, 3.05) is 24.8 Å². The number of hydrogen-bond acceptors (Lipinski definition) is 10. The number of halogens is 2. The molecule has 0 spiro atoms. The first-order chi connectivity index (χ1) is 15.8. The number of hydrogen-bond donors (Lipinski definition) is 1. The van der Waals surface area contributed by atoms with Crippen LogP contribution in [-0.2, 0) is 20.8 Å². The highest BCUT2D eigenvalue weighted by atomic mass is 35.5. The van der Waals surface area contributed by atoms with Crippen molar-refractivity contribution in [2.24, 2.45) is 0 Å². The molecule has 0 aliphatic carbocycles. The average molecular weight is 526 g/mol. The Morgan fingerprint density at radius 3 is 2.64 bits per heavy atom. The van der Waals surface area contributed by atoms with Crippen LogP contribution in [0.25, 0.3) is 21.5 Å². The molecule has 0 radical (unpaired) electrons. The lowest BCUT2D eigenvalue weighted by Gasteiger charge is -2.07. The molecule has 4 aromatic rings. The van der Waals surface area contributed by atoms with Crippen LogP contribution < -0.4 is 10.1 Å². The number of fused-ring (bicyclic) bond motifs is 1. The third-order valence-electron chi connectivity index (χ3n) is 4.23. The van der Waals surface area contributed by atoms with Crippen LogP contribution in [-0.4, -0.2) is 48.1 Å². The summed E-state index contributed by atoms with van der Waals surface area (Å²) < 4.78 is 33.1. The summed E-state index contributed by atoms with van der Waals surface area (Å²) in [4.78, 5) is 9.05. The molecule has 1 N–H and O–H groups in total. The maximum atomic E-state index is 11.0. The van der Waals surface area contributed by atoms with E-state index in [0.29, 0.717) is 39.5 Å². The third kappa shape index (κ3) is 6.27. The van der Waals surface area contributed by atoms with E-state index in [9.17, 15) is 8.42 Å². The van der Waals surface area contributed by atoms with Gasteiger partial charge in [0.1, 0.15) is 24.0 Å². The Bertz CT molecular complexity index is 1380. The van der Waals surface area contributed by atoms with Crippen LogP contribution in [0.2, 0.25) is 10.0 Å². The minimum Gasteiger partial charge on any atom is -0.491 e. The molecule has 0 bridgehead atoms. The van der Waals surface area contributed by atoms with E-state index in [1.807, 2.05) is 6.07 Å². The van der Waals surface area contributed by atoms with Gasteiger partial charge in [-0.2, -0.15) is 13.5 Å². The van der Waals surface area contributed by atoms with E-state index >= 15 is 0 Å². The van der Waals surface area contributed by atoms with Crippen LogP contribution in [0.1, 0.15) is 5.01 Å². The minimum atomic E-state index is -3.49. The molecule has 2 heterocycles. The van der Waals surface area contributed by atoms with Gasteiger partial charge in [0, 0.05) is 11.6 Å². The molecular weight excluding hydrogens is 509 g/mol. The molecule has 0 aliphatic rings. The van der Waals surface area contributed by atoms with Crippen molar-refractivity contribution in [1.29, 1.82) is 0 Å². The number of anilines is 1. The number of aromatic nitrogens is 4. The second-order valence-corrected chi connectivity index (χ2v) is 10.3. The van der Waals surface area contributed by atoms with Gasteiger partial charge < -0.3 is 10.1 Å². The molecule has 4 rings (SSSR count). The molecule has 13 heteroatoms. The lowest BCUT2D eigenvalue weighted by Crippen LogP contribution is -2.11. The van der Waals surface area contributed by atoms with E-state index in [1.54, 1.807) is 30.3 Å². The minimum absolute atomic E-state index is 0.0599. The Hall–Kier alpha value is -2.57. The molecule has 9 nitrogen and oxygen atoms in total. The zero-order valence-electron chi connectivity index (χ0n) is 17.2. The first-order valence-electron chi connectivity index (χ1n) is 9.53. The summed E-state index contributed by atoms with van der Waals surface area (Å²) in [5.74, 6) is 0.888. The van der Waals surface area contributed by atoms with Crippen molar-refractivity contribution in [1.82, 2.24) is 20.2 Å². The standard InChI is InChI=1S/C20H17Cl2N5O4S2/c1-33(28,29)31-8-7-30-12-5-6-17-15(9-12)25-18(32-17)11-23-20-26-16(10-24-27-20)19-13(21)3-2-4-14(19)22/h2-6,9-10H,7-8,11H2,1H3,(H,23,26,27). The summed E-state index contributed by atoms with van der Waals surface area (Å²) in [6, 6.07) is 10.7.